The molecule has 106 valence electrons. The lowest BCUT2D eigenvalue weighted by Gasteiger charge is -2.28. The third kappa shape index (κ3) is 2.04. The molecule has 1 aliphatic carbocycles. The Bertz CT molecular complexity index is 391. The number of rotatable bonds is 2. The van der Waals surface area contributed by atoms with Gasteiger partial charge in [0, 0.05) is 19.7 Å². The molecule has 0 aromatic carbocycles. The van der Waals surface area contributed by atoms with Gasteiger partial charge in [-0.15, -0.1) is 0 Å². The highest BCUT2D eigenvalue weighted by Gasteiger charge is 2.56. The van der Waals surface area contributed by atoms with Crippen LogP contribution in [-0.4, -0.2) is 48.2 Å². The Morgan fingerprint density at radius 1 is 1.26 bits per heavy atom. The first-order chi connectivity index (χ1) is 9.13. The number of fused-ring (bicyclic) bond motifs is 1. The zero-order valence-corrected chi connectivity index (χ0v) is 11.1. The van der Waals surface area contributed by atoms with Crippen molar-refractivity contribution in [3.8, 4) is 0 Å². The predicted octanol–water partition coefficient (Wildman–Crippen LogP) is 1.13. The quantitative estimate of drug-likeness (QED) is 0.814. The fourth-order valence-electron chi connectivity index (χ4n) is 4.00. The monoisotopic (exact) mass is 267 g/mol. The van der Waals surface area contributed by atoms with Gasteiger partial charge in [-0.05, 0) is 31.6 Å². The van der Waals surface area contributed by atoms with Gasteiger partial charge in [-0.2, -0.15) is 0 Å². The maximum Gasteiger partial charge on any atom is 0.311 e. The van der Waals surface area contributed by atoms with Crippen molar-refractivity contribution in [1.82, 2.24) is 4.90 Å². The number of hydrogen-bond acceptors (Lipinski definition) is 3. The molecule has 1 amide bonds. The SMILES string of the molecule is O=C(C1CCCOC1)N1C[C@@H]2CCC[C@@]2(C(=O)O)C1. The second-order valence-electron chi connectivity index (χ2n) is 6.18. The van der Waals surface area contributed by atoms with E-state index in [0.717, 1.165) is 38.7 Å². The number of hydrogen-bond donors (Lipinski definition) is 1. The number of likely N-dealkylation sites (tertiary alicyclic amines) is 1. The molecule has 19 heavy (non-hydrogen) atoms. The summed E-state index contributed by atoms with van der Waals surface area (Å²) < 4.78 is 5.37. The number of carbonyl (C=O) groups excluding carboxylic acids is 1. The molecule has 3 rings (SSSR count). The first-order valence-electron chi connectivity index (χ1n) is 7.23. The number of aliphatic carboxylic acids is 1. The zero-order valence-electron chi connectivity index (χ0n) is 11.1. The summed E-state index contributed by atoms with van der Waals surface area (Å²) in [7, 11) is 0. The Labute approximate surface area is 112 Å². The maximum absolute atomic E-state index is 12.4. The van der Waals surface area contributed by atoms with Crippen molar-refractivity contribution in [2.75, 3.05) is 26.3 Å². The molecule has 0 bridgehead atoms. The molecule has 1 N–H and O–H groups in total. The van der Waals surface area contributed by atoms with E-state index in [-0.39, 0.29) is 17.7 Å². The molecule has 0 radical (unpaired) electrons. The van der Waals surface area contributed by atoms with Gasteiger partial charge in [0.1, 0.15) is 0 Å². The van der Waals surface area contributed by atoms with E-state index < -0.39 is 11.4 Å². The van der Waals surface area contributed by atoms with Crippen LogP contribution in [0.15, 0.2) is 0 Å². The van der Waals surface area contributed by atoms with Crippen molar-refractivity contribution < 1.29 is 19.4 Å². The molecule has 2 aliphatic heterocycles. The van der Waals surface area contributed by atoms with Gasteiger partial charge in [-0.1, -0.05) is 6.42 Å². The van der Waals surface area contributed by atoms with Gasteiger partial charge in [-0.3, -0.25) is 9.59 Å². The maximum atomic E-state index is 12.4. The molecule has 0 aromatic heterocycles. The number of carbonyl (C=O) groups is 2. The van der Waals surface area contributed by atoms with Gasteiger partial charge in [0.15, 0.2) is 0 Å². The normalized spacial score (nSPS) is 38.2. The third-order valence-electron chi connectivity index (χ3n) is 5.12. The lowest BCUT2D eigenvalue weighted by atomic mass is 9.81. The Hall–Kier alpha value is -1.10. The summed E-state index contributed by atoms with van der Waals surface area (Å²) in [6, 6.07) is 0. The molecule has 1 saturated carbocycles. The molecule has 2 heterocycles. The average molecular weight is 267 g/mol. The van der Waals surface area contributed by atoms with E-state index in [2.05, 4.69) is 0 Å². The van der Waals surface area contributed by atoms with E-state index >= 15 is 0 Å². The van der Waals surface area contributed by atoms with Crippen molar-refractivity contribution in [1.29, 1.82) is 0 Å². The Balaban J connectivity index is 1.71. The van der Waals surface area contributed by atoms with Gasteiger partial charge < -0.3 is 14.7 Å². The molecule has 5 nitrogen and oxygen atoms in total. The predicted molar refractivity (Wildman–Crippen MR) is 67.5 cm³/mol. The summed E-state index contributed by atoms with van der Waals surface area (Å²) in [5.74, 6) is -0.517. The highest BCUT2D eigenvalue weighted by atomic mass is 16.5. The first-order valence-corrected chi connectivity index (χ1v) is 7.23. The molecule has 3 aliphatic rings. The molecule has 3 fully saturated rings. The van der Waals surface area contributed by atoms with Crippen molar-refractivity contribution in [3.63, 3.8) is 0 Å². The highest BCUT2D eigenvalue weighted by molar-refractivity contribution is 5.83. The second kappa shape index (κ2) is 4.78. The van der Waals surface area contributed by atoms with Crippen LogP contribution in [0.2, 0.25) is 0 Å². The first kappa shape index (κ1) is 12.9. The van der Waals surface area contributed by atoms with E-state index in [1.165, 1.54) is 0 Å². The molecule has 2 saturated heterocycles. The van der Waals surface area contributed by atoms with Crippen LogP contribution in [0, 0.1) is 17.3 Å². The molecule has 0 spiro atoms. The summed E-state index contributed by atoms with van der Waals surface area (Å²) in [5.41, 5.74) is -0.662. The Kier molecular flexibility index (Phi) is 3.25. The smallest absolute Gasteiger partial charge is 0.311 e. The summed E-state index contributed by atoms with van der Waals surface area (Å²) in [5, 5.41) is 9.52. The van der Waals surface area contributed by atoms with Crippen molar-refractivity contribution in [2.45, 2.75) is 32.1 Å². The molecular formula is C14H21NO4. The summed E-state index contributed by atoms with van der Waals surface area (Å²) in [4.78, 5) is 25.8. The Morgan fingerprint density at radius 3 is 2.74 bits per heavy atom. The fourth-order valence-corrected chi connectivity index (χ4v) is 4.00. The lowest BCUT2D eigenvalue weighted by molar-refractivity contribution is -0.150. The minimum atomic E-state index is -0.717. The summed E-state index contributed by atoms with van der Waals surface area (Å²) in [6.07, 6.45) is 4.44. The van der Waals surface area contributed by atoms with Crippen LogP contribution in [0.25, 0.3) is 0 Å². The summed E-state index contributed by atoms with van der Waals surface area (Å²) in [6.45, 7) is 2.27. The molecule has 5 heteroatoms. The molecule has 0 aromatic rings. The third-order valence-corrected chi connectivity index (χ3v) is 5.12. The number of ether oxygens (including phenoxy) is 1. The van der Waals surface area contributed by atoms with Crippen LogP contribution in [0.3, 0.4) is 0 Å². The van der Waals surface area contributed by atoms with Crippen LogP contribution in [0.1, 0.15) is 32.1 Å². The molecular weight excluding hydrogens is 246 g/mol. The highest BCUT2D eigenvalue weighted by Crippen LogP contribution is 2.49. The van der Waals surface area contributed by atoms with Crippen molar-refractivity contribution in [3.05, 3.63) is 0 Å². The van der Waals surface area contributed by atoms with Gasteiger partial charge in [0.05, 0.1) is 17.9 Å². The van der Waals surface area contributed by atoms with E-state index in [0.29, 0.717) is 19.7 Å². The fraction of sp³-hybridized carbons (Fsp3) is 0.857. The van der Waals surface area contributed by atoms with E-state index in [1.807, 2.05) is 0 Å². The molecule has 3 atom stereocenters. The van der Waals surface area contributed by atoms with Crippen LogP contribution in [0.4, 0.5) is 0 Å². The van der Waals surface area contributed by atoms with Crippen molar-refractivity contribution >= 4 is 11.9 Å². The lowest BCUT2D eigenvalue weighted by Crippen LogP contribution is -2.41. The molecule has 1 unspecified atom stereocenters. The van der Waals surface area contributed by atoms with E-state index in [9.17, 15) is 14.7 Å². The van der Waals surface area contributed by atoms with Gasteiger partial charge in [-0.25, -0.2) is 0 Å². The van der Waals surface area contributed by atoms with Crippen LogP contribution >= 0.6 is 0 Å². The number of nitrogens with zero attached hydrogens (tertiary/aromatic N) is 1. The zero-order chi connectivity index (χ0) is 13.5. The van der Waals surface area contributed by atoms with Gasteiger partial charge in [0.25, 0.3) is 0 Å². The number of carboxylic acids is 1. The van der Waals surface area contributed by atoms with Crippen LogP contribution in [0.5, 0.6) is 0 Å². The topological polar surface area (TPSA) is 66.8 Å². The Morgan fingerprint density at radius 2 is 2.11 bits per heavy atom. The number of amides is 1. The van der Waals surface area contributed by atoms with Gasteiger partial charge in [0.2, 0.25) is 5.91 Å². The average Bonchev–Trinajstić information content (AvgIpc) is 2.96. The van der Waals surface area contributed by atoms with Crippen molar-refractivity contribution in [2.24, 2.45) is 17.3 Å². The minimum Gasteiger partial charge on any atom is -0.481 e. The summed E-state index contributed by atoms with van der Waals surface area (Å²) >= 11 is 0. The standard InChI is InChI=1S/C14H21NO4/c16-12(10-3-2-6-19-8-10)15-7-11-4-1-5-14(11,9-15)13(17)18/h10-11H,1-9H2,(H,17,18)/t10?,11-,14+/m0/s1. The minimum absolute atomic E-state index is 0.0570. The van der Waals surface area contributed by atoms with E-state index in [1.54, 1.807) is 4.90 Å². The van der Waals surface area contributed by atoms with Crippen LogP contribution < -0.4 is 0 Å². The second-order valence-corrected chi connectivity index (χ2v) is 6.18. The number of carboxylic acid groups (broad SMARTS) is 1. The van der Waals surface area contributed by atoms with E-state index in [4.69, 9.17) is 4.74 Å². The largest absolute Gasteiger partial charge is 0.481 e. The van der Waals surface area contributed by atoms with Crippen LogP contribution in [-0.2, 0) is 14.3 Å². The van der Waals surface area contributed by atoms with Gasteiger partial charge >= 0.3 is 5.97 Å².